The topological polar surface area (TPSA) is 89.3 Å². The zero-order valence-corrected chi connectivity index (χ0v) is 14.2. The Balaban J connectivity index is 1.76. The Morgan fingerprint density at radius 2 is 1.96 bits per heavy atom. The summed E-state index contributed by atoms with van der Waals surface area (Å²) in [7, 11) is 0. The van der Waals surface area contributed by atoms with E-state index in [0.29, 0.717) is 36.0 Å². The highest BCUT2D eigenvalue weighted by Crippen LogP contribution is 2.13. The molecule has 1 heterocycles. The molecule has 7 nitrogen and oxygen atoms in total. The summed E-state index contributed by atoms with van der Waals surface area (Å²) in [5.41, 5.74) is 0.602. The average molecular weight is 332 g/mol. The molecule has 7 heteroatoms. The summed E-state index contributed by atoms with van der Waals surface area (Å²) >= 11 is 0. The van der Waals surface area contributed by atoms with Crippen LogP contribution in [0.4, 0.5) is 0 Å². The van der Waals surface area contributed by atoms with Crippen LogP contribution in [0.2, 0.25) is 0 Å². The molecule has 0 aliphatic carbocycles. The van der Waals surface area contributed by atoms with Gasteiger partial charge in [-0.1, -0.05) is 19.0 Å². The van der Waals surface area contributed by atoms with Crippen molar-refractivity contribution in [2.24, 2.45) is 0 Å². The molecule has 0 aliphatic rings. The Labute approximate surface area is 141 Å². The van der Waals surface area contributed by atoms with Crippen LogP contribution in [0, 0.1) is 0 Å². The Bertz CT molecular complexity index is 625. The number of amides is 1. The van der Waals surface area contributed by atoms with Gasteiger partial charge in [-0.15, -0.1) is 0 Å². The quantitative estimate of drug-likeness (QED) is 0.646. The summed E-state index contributed by atoms with van der Waals surface area (Å²) < 4.78 is 10.6. The van der Waals surface area contributed by atoms with E-state index in [1.54, 1.807) is 24.3 Å². The van der Waals surface area contributed by atoms with Crippen molar-refractivity contribution in [1.29, 1.82) is 0 Å². The first-order valence-corrected chi connectivity index (χ1v) is 8.26. The van der Waals surface area contributed by atoms with E-state index in [9.17, 15) is 4.79 Å². The molecular weight excluding hydrogens is 308 g/mol. The van der Waals surface area contributed by atoms with Crippen LogP contribution in [0.1, 0.15) is 42.3 Å². The normalized spacial score (nSPS) is 10.6. The van der Waals surface area contributed by atoms with Gasteiger partial charge < -0.3 is 19.9 Å². The molecule has 0 aliphatic heterocycles. The maximum Gasteiger partial charge on any atom is 0.251 e. The minimum Gasteiger partial charge on any atom is -0.485 e. The number of aromatic nitrogens is 2. The molecule has 0 fully saturated rings. The number of benzene rings is 1. The van der Waals surface area contributed by atoms with Crippen molar-refractivity contribution in [3.63, 3.8) is 0 Å². The molecule has 0 radical (unpaired) electrons. The number of hydrogen-bond acceptors (Lipinski definition) is 6. The third-order valence-electron chi connectivity index (χ3n) is 3.31. The number of carbonyl (C=O) groups excluding carboxylic acids is 1. The first-order valence-electron chi connectivity index (χ1n) is 8.26. The van der Waals surface area contributed by atoms with Gasteiger partial charge in [0.1, 0.15) is 5.75 Å². The summed E-state index contributed by atoms with van der Waals surface area (Å²) in [6, 6.07) is 6.98. The number of nitrogens with zero attached hydrogens (tertiary/aromatic N) is 2. The van der Waals surface area contributed by atoms with Crippen molar-refractivity contribution in [2.45, 2.75) is 33.3 Å². The van der Waals surface area contributed by atoms with Gasteiger partial charge in [-0.05, 0) is 37.2 Å². The van der Waals surface area contributed by atoms with Gasteiger partial charge in [-0.25, -0.2) is 0 Å². The number of nitrogens with one attached hydrogen (secondary N) is 2. The Kier molecular flexibility index (Phi) is 7.22. The van der Waals surface area contributed by atoms with Gasteiger partial charge >= 0.3 is 0 Å². The second-order valence-electron chi connectivity index (χ2n) is 5.28. The fourth-order valence-electron chi connectivity index (χ4n) is 2.01. The fourth-order valence-corrected chi connectivity index (χ4v) is 2.01. The number of aryl methyl sites for hydroxylation is 1. The van der Waals surface area contributed by atoms with Crippen molar-refractivity contribution in [2.75, 3.05) is 19.6 Å². The van der Waals surface area contributed by atoms with Crippen molar-refractivity contribution in [3.05, 3.63) is 41.5 Å². The van der Waals surface area contributed by atoms with E-state index in [0.717, 1.165) is 19.5 Å². The third kappa shape index (κ3) is 5.66. The second-order valence-corrected chi connectivity index (χ2v) is 5.28. The zero-order chi connectivity index (χ0) is 17.2. The van der Waals surface area contributed by atoms with E-state index < -0.39 is 0 Å². The van der Waals surface area contributed by atoms with E-state index in [2.05, 4.69) is 27.7 Å². The summed E-state index contributed by atoms with van der Waals surface area (Å²) in [6.45, 7) is 6.62. The minimum atomic E-state index is -0.0920. The van der Waals surface area contributed by atoms with Gasteiger partial charge in [-0.3, -0.25) is 4.79 Å². The van der Waals surface area contributed by atoms with Crippen LogP contribution in [-0.4, -0.2) is 35.7 Å². The molecule has 0 saturated heterocycles. The fraction of sp³-hybridized carbons (Fsp3) is 0.471. The lowest BCUT2D eigenvalue weighted by molar-refractivity contribution is 0.0954. The number of carbonyl (C=O) groups is 1. The second kappa shape index (κ2) is 9.67. The van der Waals surface area contributed by atoms with Crippen LogP contribution in [0.25, 0.3) is 0 Å². The lowest BCUT2D eigenvalue weighted by Crippen LogP contribution is -2.32. The monoisotopic (exact) mass is 332 g/mol. The van der Waals surface area contributed by atoms with E-state index >= 15 is 0 Å². The van der Waals surface area contributed by atoms with Crippen molar-refractivity contribution < 1.29 is 14.1 Å². The van der Waals surface area contributed by atoms with E-state index in [4.69, 9.17) is 9.26 Å². The van der Waals surface area contributed by atoms with Crippen molar-refractivity contribution in [3.8, 4) is 5.75 Å². The molecule has 0 spiro atoms. The third-order valence-corrected chi connectivity index (χ3v) is 3.31. The molecule has 2 rings (SSSR count). The van der Waals surface area contributed by atoms with Gasteiger partial charge in [0.2, 0.25) is 11.7 Å². The molecule has 130 valence electrons. The molecular formula is C17H24N4O3. The van der Waals surface area contributed by atoms with Crippen molar-refractivity contribution in [1.82, 2.24) is 20.8 Å². The molecule has 0 unspecified atom stereocenters. The van der Waals surface area contributed by atoms with Gasteiger partial charge in [0.05, 0.1) is 0 Å². The summed E-state index contributed by atoms with van der Waals surface area (Å²) in [5, 5.41) is 9.93. The Morgan fingerprint density at radius 1 is 1.17 bits per heavy atom. The van der Waals surface area contributed by atoms with Crippen LogP contribution in [-0.2, 0) is 13.0 Å². The smallest absolute Gasteiger partial charge is 0.251 e. The van der Waals surface area contributed by atoms with E-state index in [1.807, 2.05) is 6.92 Å². The highest BCUT2D eigenvalue weighted by molar-refractivity contribution is 5.94. The Hall–Kier alpha value is -2.41. The molecule has 0 saturated carbocycles. The first-order chi connectivity index (χ1) is 11.7. The van der Waals surface area contributed by atoms with Gasteiger partial charge in [0, 0.05) is 25.1 Å². The number of hydrogen-bond donors (Lipinski definition) is 2. The number of ether oxygens (including phenoxy) is 1. The lowest BCUT2D eigenvalue weighted by atomic mass is 10.2. The predicted octanol–water partition coefficient (Wildman–Crippen LogP) is 1.94. The average Bonchev–Trinajstić information content (AvgIpc) is 3.08. The van der Waals surface area contributed by atoms with Crippen LogP contribution in [0.3, 0.4) is 0 Å². The maximum atomic E-state index is 12.0. The van der Waals surface area contributed by atoms with Gasteiger partial charge in [-0.2, -0.15) is 4.98 Å². The molecule has 0 atom stereocenters. The highest BCUT2D eigenvalue weighted by atomic mass is 16.5. The van der Waals surface area contributed by atoms with Gasteiger partial charge in [0.25, 0.3) is 5.91 Å². The van der Waals surface area contributed by atoms with E-state index in [-0.39, 0.29) is 12.5 Å². The van der Waals surface area contributed by atoms with Crippen LogP contribution >= 0.6 is 0 Å². The van der Waals surface area contributed by atoms with Gasteiger partial charge in [0.15, 0.2) is 6.61 Å². The molecule has 1 aromatic carbocycles. The summed E-state index contributed by atoms with van der Waals surface area (Å²) in [6.07, 6.45) is 1.78. The molecule has 1 aromatic heterocycles. The van der Waals surface area contributed by atoms with Crippen LogP contribution in [0.15, 0.2) is 28.8 Å². The Morgan fingerprint density at radius 3 is 2.62 bits per heavy atom. The largest absolute Gasteiger partial charge is 0.485 e. The molecule has 24 heavy (non-hydrogen) atoms. The van der Waals surface area contributed by atoms with Crippen LogP contribution < -0.4 is 15.4 Å². The molecule has 0 bridgehead atoms. The summed E-state index contributed by atoms with van der Waals surface area (Å²) in [4.78, 5) is 16.2. The highest BCUT2D eigenvalue weighted by Gasteiger charge is 2.07. The maximum absolute atomic E-state index is 12.0. The lowest BCUT2D eigenvalue weighted by Gasteiger charge is -2.07. The molecule has 2 aromatic rings. The molecule has 1 amide bonds. The van der Waals surface area contributed by atoms with Crippen LogP contribution in [0.5, 0.6) is 5.75 Å². The molecule has 2 N–H and O–H groups in total. The van der Waals surface area contributed by atoms with Crippen molar-refractivity contribution >= 4 is 5.91 Å². The standard InChI is InChI=1S/C17H24N4O3/c1-3-9-18-10-11-19-17(22)13-5-7-14(8-6-13)23-12-15-20-16(4-2)24-21-15/h5-8,18H,3-4,9-12H2,1-2H3,(H,19,22). The SMILES string of the molecule is CCCNCCNC(=O)c1ccc(OCc2noc(CC)n2)cc1. The zero-order valence-electron chi connectivity index (χ0n) is 14.2. The summed E-state index contributed by atoms with van der Waals surface area (Å²) in [5.74, 6) is 1.66. The minimum absolute atomic E-state index is 0.0920. The number of rotatable bonds is 10. The predicted molar refractivity (Wildman–Crippen MR) is 89.9 cm³/mol. The van der Waals surface area contributed by atoms with E-state index in [1.165, 1.54) is 0 Å². The first kappa shape index (κ1) is 17.9.